The zero-order chi connectivity index (χ0) is 12.8. The molecule has 0 aromatic heterocycles. The van der Waals surface area contributed by atoms with E-state index in [9.17, 15) is 4.79 Å². The lowest BCUT2D eigenvalue weighted by Gasteiger charge is -2.22. The lowest BCUT2D eigenvalue weighted by Crippen LogP contribution is -2.51. The lowest BCUT2D eigenvalue weighted by molar-refractivity contribution is -0.125. The maximum absolute atomic E-state index is 11.8. The molecule has 0 saturated carbocycles. The molecule has 1 saturated heterocycles. The van der Waals surface area contributed by atoms with E-state index in [2.05, 4.69) is 35.8 Å². The Morgan fingerprint density at radius 1 is 1.53 bits per heavy atom. The molecule has 1 unspecified atom stereocenters. The highest BCUT2D eigenvalue weighted by atomic mass is 35.5. The van der Waals surface area contributed by atoms with Crippen LogP contribution in [0.4, 0.5) is 0 Å². The third kappa shape index (κ3) is 5.19. The van der Waals surface area contributed by atoms with Crippen LogP contribution in [-0.2, 0) is 16.0 Å². The Morgan fingerprint density at radius 2 is 2.37 bits per heavy atom. The first-order valence-corrected chi connectivity index (χ1v) is 6.40. The van der Waals surface area contributed by atoms with E-state index in [1.807, 2.05) is 6.07 Å². The van der Waals surface area contributed by atoms with Crippen molar-refractivity contribution < 1.29 is 9.53 Å². The number of carbonyl (C=O) groups is 1. The van der Waals surface area contributed by atoms with Gasteiger partial charge in [-0.05, 0) is 18.9 Å². The van der Waals surface area contributed by atoms with Crippen LogP contribution in [0.3, 0.4) is 0 Å². The summed E-state index contributed by atoms with van der Waals surface area (Å²) in [7, 11) is 0. The van der Waals surface area contributed by atoms with Gasteiger partial charge >= 0.3 is 0 Å². The third-order valence-electron chi connectivity index (χ3n) is 3.03. The number of halogens is 1. The fraction of sp³-hybridized carbons (Fsp3) is 0.500. The van der Waals surface area contributed by atoms with Gasteiger partial charge in [0.2, 0.25) is 5.91 Å². The maximum Gasteiger partial charge on any atom is 0.239 e. The van der Waals surface area contributed by atoms with Crippen molar-refractivity contribution in [3.05, 3.63) is 35.4 Å². The van der Waals surface area contributed by atoms with Gasteiger partial charge in [0.25, 0.3) is 0 Å². The van der Waals surface area contributed by atoms with Crippen molar-refractivity contribution in [1.82, 2.24) is 10.6 Å². The Morgan fingerprint density at radius 3 is 3.05 bits per heavy atom. The van der Waals surface area contributed by atoms with Crippen LogP contribution in [-0.4, -0.2) is 38.3 Å². The molecule has 106 valence electrons. The highest BCUT2D eigenvalue weighted by Crippen LogP contribution is 2.04. The first-order chi connectivity index (χ1) is 8.75. The Balaban J connectivity index is 0.00000180. The monoisotopic (exact) mass is 284 g/mol. The van der Waals surface area contributed by atoms with Gasteiger partial charge in [0.05, 0.1) is 13.2 Å². The highest BCUT2D eigenvalue weighted by Gasteiger charge is 2.20. The number of benzene rings is 1. The predicted molar refractivity (Wildman–Crippen MR) is 77.8 cm³/mol. The number of morpholine rings is 1. The summed E-state index contributed by atoms with van der Waals surface area (Å²) in [6.45, 7) is 4.64. The maximum atomic E-state index is 11.8. The van der Waals surface area contributed by atoms with Gasteiger partial charge < -0.3 is 15.4 Å². The summed E-state index contributed by atoms with van der Waals surface area (Å²) in [5, 5.41) is 6.08. The molecule has 1 atom stereocenters. The van der Waals surface area contributed by atoms with Crippen molar-refractivity contribution in [3.8, 4) is 0 Å². The summed E-state index contributed by atoms with van der Waals surface area (Å²) < 4.78 is 5.26. The molecule has 1 heterocycles. The average molecular weight is 285 g/mol. The van der Waals surface area contributed by atoms with Crippen LogP contribution in [0.1, 0.15) is 11.1 Å². The zero-order valence-corrected chi connectivity index (χ0v) is 12.0. The van der Waals surface area contributed by atoms with Crippen LogP contribution in [0.2, 0.25) is 0 Å². The van der Waals surface area contributed by atoms with Crippen molar-refractivity contribution in [2.45, 2.75) is 19.4 Å². The van der Waals surface area contributed by atoms with Crippen molar-refractivity contribution in [2.24, 2.45) is 0 Å². The van der Waals surface area contributed by atoms with Gasteiger partial charge in [-0.3, -0.25) is 4.79 Å². The molecule has 5 heteroatoms. The molecule has 0 radical (unpaired) electrons. The molecule has 1 fully saturated rings. The van der Waals surface area contributed by atoms with Crippen LogP contribution >= 0.6 is 12.4 Å². The number of ether oxygens (including phenoxy) is 1. The number of hydrogen-bond donors (Lipinski definition) is 2. The molecule has 0 aliphatic carbocycles. The predicted octanol–water partition coefficient (Wildman–Crippen LogP) is 1.06. The van der Waals surface area contributed by atoms with E-state index in [4.69, 9.17) is 4.74 Å². The standard InChI is InChI=1S/C14H20N2O2.ClH/c1-11-3-2-4-12(9-11)5-6-16-14(17)13-10-18-8-7-15-13;/h2-4,9,13,15H,5-8,10H2,1H3,(H,16,17);1H. The van der Waals surface area contributed by atoms with E-state index in [0.717, 1.165) is 13.0 Å². The van der Waals surface area contributed by atoms with Crippen LogP contribution in [0.5, 0.6) is 0 Å². The highest BCUT2D eigenvalue weighted by molar-refractivity contribution is 5.85. The molecule has 1 aliphatic rings. The van der Waals surface area contributed by atoms with Gasteiger partial charge in [-0.2, -0.15) is 0 Å². The summed E-state index contributed by atoms with van der Waals surface area (Å²) in [6, 6.07) is 8.15. The zero-order valence-electron chi connectivity index (χ0n) is 11.1. The molecule has 1 aromatic rings. The lowest BCUT2D eigenvalue weighted by atomic mass is 10.1. The van der Waals surface area contributed by atoms with Gasteiger partial charge in [-0.25, -0.2) is 0 Å². The summed E-state index contributed by atoms with van der Waals surface area (Å²) >= 11 is 0. The van der Waals surface area contributed by atoms with Gasteiger partial charge in [-0.15, -0.1) is 12.4 Å². The first kappa shape index (κ1) is 16.0. The Kier molecular flexibility index (Phi) is 6.84. The Bertz CT molecular complexity index is 406. The number of carbonyl (C=O) groups excluding carboxylic acids is 1. The Hall–Kier alpha value is -1.10. The van der Waals surface area contributed by atoms with Gasteiger partial charge in [0, 0.05) is 13.1 Å². The molecule has 2 N–H and O–H groups in total. The van der Waals surface area contributed by atoms with Crippen LogP contribution in [0.15, 0.2) is 24.3 Å². The molecule has 1 amide bonds. The molecule has 1 aliphatic heterocycles. The van der Waals surface area contributed by atoms with E-state index in [1.54, 1.807) is 0 Å². The SMILES string of the molecule is Cc1cccc(CCNC(=O)C2COCCN2)c1.Cl. The van der Waals surface area contributed by atoms with Crippen LogP contribution in [0, 0.1) is 6.92 Å². The van der Waals surface area contributed by atoms with E-state index < -0.39 is 0 Å². The first-order valence-electron chi connectivity index (χ1n) is 6.40. The number of aryl methyl sites for hydroxylation is 1. The summed E-state index contributed by atoms with van der Waals surface area (Å²) in [4.78, 5) is 11.8. The van der Waals surface area contributed by atoms with E-state index in [1.165, 1.54) is 11.1 Å². The topological polar surface area (TPSA) is 50.4 Å². The van der Waals surface area contributed by atoms with Gasteiger partial charge in [0.15, 0.2) is 0 Å². The molecule has 19 heavy (non-hydrogen) atoms. The molecular formula is C14H21ClN2O2. The smallest absolute Gasteiger partial charge is 0.239 e. The molecule has 0 bridgehead atoms. The van der Waals surface area contributed by atoms with Gasteiger partial charge in [-0.1, -0.05) is 29.8 Å². The number of amides is 1. The van der Waals surface area contributed by atoms with Crippen LogP contribution in [0.25, 0.3) is 0 Å². The number of nitrogens with one attached hydrogen (secondary N) is 2. The number of rotatable bonds is 4. The normalized spacial score (nSPS) is 18.5. The third-order valence-corrected chi connectivity index (χ3v) is 3.03. The molecular weight excluding hydrogens is 264 g/mol. The molecule has 2 rings (SSSR count). The van der Waals surface area contributed by atoms with Crippen LogP contribution < -0.4 is 10.6 Å². The van der Waals surface area contributed by atoms with Gasteiger partial charge in [0.1, 0.15) is 6.04 Å². The second-order valence-corrected chi connectivity index (χ2v) is 4.61. The second kappa shape index (κ2) is 8.15. The minimum atomic E-state index is -0.198. The second-order valence-electron chi connectivity index (χ2n) is 4.61. The molecule has 1 aromatic carbocycles. The van der Waals surface area contributed by atoms with Crippen molar-refractivity contribution in [1.29, 1.82) is 0 Å². The molecule has 0 spiro atoms. The minimum absolute atomic E-state index is 0. The number of hydrogen-bond acceptors (Lipinski definition) is 3. The van der Waals surface area contributed by atoms with E-state index in [0.29, 0.717) is 19.8 Å². The van der Waals surface area contributed by atoms with E-state index in [-0.39, 0.29) is 24.4 Å². The molecule has 4 nitrogen and oxygen atoms in total. The quantitative estimate of drug-likeness (QED) is 0.869. The van der Waals surface area contributed by atoms with E-state index >= 15 is 0 Å². The van der Waals surface area contributed by atoms with Crippen molar-refractivity contribution in [2.75, 3.05) is 26.3 Å². The summed E-state index contributed by atoms with van der Waals surface area (Å²) in [6.07, 6.45) is 0.862. The van der Waals surface area contributed by atoms with Crippen molar-refractivity contribution in [3.63, 3.8) is 0 Å². The largest absolute Gasteiger partial charge is 0.378 e. The minimum Gasteiger partial charge on any atom is -0.378 e. The van der Waals surface area contributed by atoms with Crippen molar-refractivity contribution >= 4 is 18.3 Å². The summed E-state index contributed by atoms with van der Waals surface area (Å²) in [5.41, 5.74) is 2.50. The fourth-order valence-corrected chi connectivity index (χ4v) is 2.05. The average Bonchev–Trinajstić information content (AvgIpc) is 2.40. The fourth-order valence-electron chi connectivity index (χ4n) is 2.05. The Labute approximate surface area is 120 Å². The summed E-state index contributed by atoms with van der Waals surface area (Å²) in [5.74, 6) is 0.0300.